The maximum Gasteiger partial charge on any atom is 0.343 e. The Balaban J connectivity index is 1.29. The van der Waals surface area contributed by atoms with Crippen LogP contribution in [0.1, 0.15) is 26.3 Å². The van der Waals surface area contributed by atoms with Crippen molar-refractivity contribution in [1.29, 1.82) is 0 Å². The third-order valence-corrected chi connectivity index (χ3v) is 5.97. The number of nitrogens with zero attached hydrogens (tertiary/aromatic N) is 1. The van der Waals surface area contributed by atoms with Crippen LogP contribution in [0.3, 0.4) is 0 Å². The van der Waals surface area contributed by atoms with Crippen molar-refractivity contribution in [2.75, 3.05) is 6.54 Å². The maximum absolute atomic E-state index is 12.7. The van der Waals surface area contributed by atoms with Crippen molar-refractivity contribution in [3.05, 3.63) is 126 Å². The molecule has 0 radical (unpaired) electrons. The van der Waals surface area contributed by atoms with Gasteiger partial charge in [0, 0.05) is 11.1 Å². The van der Waals surface area contributed by atoms with Gasteiger partial charge in [0.1, 0.15) is 5.75 Å². The van der Waals surface area contributed by atoms with Gasteiger partial charge in [-0.2, -0.15) is 5.10 Å². The molecule has 0 aromatic heterocycles. The molecule has 5 aromatic rings. The lowest BCUT2D eigenvalue weighted by Gasteiger charge is -2.11. The molecule has 0 aliphatic rings. The molecular formula is C31H23N3O4. The molecule has 5 rings (SSSR count). The summed E-state index contributed by atoms with van der Waals surface area (Å²) in [5.41, 5.74) is 3.86. The number of ether oxygens (including phenoxy) is 1. The van der Waals surface area contributed by atoms with Crippen LogP contribution in [-0.4, -0.2) is 30.5 Å². The Labute approximate surface area is 218 Å². The first-order chi connectivity index (χ1) is 18.6. The zero-order valence-corrected chi connectivity index (χ0v) is 20.3. The van der Waals surface area contributed by atoms with E-state index in [9.17, 15) is 14.4 Å². The normalized spacial score (nSPS) is 10.9. The Hall–Kier alpha value is -5.30. The van der Waals surface area contributed by atoms with Crippen LogP contribution in [0.25, 0.3) is 21.5 Å². The summed E-state index contributed by atoms with van der Waals surface area (Å²) >= 11 is 0. The van der Waals surface area contributed by atoms with E-state index in [0.29, 0.717) is 22.4 Å². The van der Waals surface area contributed by atoms with Crippen LogP contribution < -0.4 is 15.5 Å². The lowest BCUT2D eigenvalue weighted by Crippen LogP contribution is -2.35. The zero-order chi connectivity index (χ0) is 26.3. The number of esters is 1. The first-order valence-electron chi connectivity index (χ1n) is 12.0. The first kappa shape index (κ1) is 24.4. The zero-order valence-electron chi connectivity index (χ0n) is 20.3. The molecule has 0 aliphatic carbocycles. The summed E-state index contributed by atoms with van der Waals surface area (Å²) in [4.78, 5) is 37.8. The van der Waals surface area contributed by atoms with Crippen molar-refractivity contribution in [3.8, 4) is 5.75 Å². The lowest BCUT2D eigenvalue weighted by molar-refractivity contribution is -0.120. The summed E-state index contributed by atoms with van der Waals surface area (Å²) in [6.07, 6.45) is 1.43. The number of hydrazone groups is 1. The molecular weight excluding hydrogens is 478 g/mol. The van der Waals surface area contributed by atoms with Gasteiger partial charge in [-0.3, -0.25) is 9.59 Å². The lowest BCUT2D eigenvalue weighted by atomic mass is 10.0. The summed E-state index contributed by atoms with van der Waals surface area (Å²) < 4.78 is 5.66. The second kappa shape index (κ2) is 11.2. The predicted octanol–water partition coefficient (Wildman–Crippen LogP) is 5.09. The fraction of sp³-hybridized carbons (Fsp3) is 0.0323. The van der Waals surface area contributed by atoms with E-state index in [-0.39, 0.29) is 12.5 Å². The number of hydrogen-bond acceptors (Lipinski definition) is 5. The van der Waals surface area contributed by atoms with Crippen LogP contribution >= 0.6 is 0 Å². The topological polar surface area (TPSA) is 96.9 Å². The molecule has 5 aromatic carbocycles. The van der Waals surface area contributed by atoms with Gasteiger partial charge in [-0.15, -0.1) is 0 Å². The summed E-state index contributed by atoms with van der Waals surface area (Å²) in [5.74, 6) is -1.06. The van der Waals surface area contributed by atoms with E-state index < -0.39 is 11.9 Å². The number of carbonyl (C=O) groups excluding carboxylic acids is 3. The molecule has 7 heteroatoms. The molecule has 2 amide bonds. The van der Waals surface area contributed by atoms with E-state index in [1.54, 1.807) is 42.5 Å². The van der Waals surface area contributed by atoms with Crippen LogP contribution in [0, 0.1) is 0 Å². The van der Waals surface area contributed by atoms with Crippen molar-refractivity contribution >= 4 is 45.5 Å². The second-order valence-electron chi connectivity index (χ2n) is 8.46. The van der Waals surface area contributed by atoms with Gasteiger partial charge in [0.25, 0.3) is 11.8 Å². The number of benzene rings is 5. The predicted molar refractivity (Wildman–Crippen MR) is 147 cm³/mol. The summed E-state index contributed by atoms with van der Waals surface area (Å²) in [7, 11) is 0. The molecule has 0 atom stereocenters. The highest BCUT2D eigenvalue weighted by Gasteiger charge is 2.14. The minimum absolute atomic E-state index is 0.259. The van der Waals surface area contributed by atoms with Gasteiger partial charge in [-0.25, -0.2) is 10.2 Å². The van der Waals surface area contributed by atoms with Crippen molar-refractivity contribution in [2.24, 2.45) is 5.10 Å². The third kappa shape index (κ3) is 5.42. The van der Waals surface area contributed by atoms with E-state index >= 15 is 0 Å². The fourth-order valence-corrected chi connectivity index (χ4v) is 4.12. The summed E-state index contributed by atoms with van der Waals surface area (Å²) in [5, 5.41) is 10.2. The summed E-state index contributed by atoms with van der Waals surface area (Å²) in [6, 6.07) is 32.8. The highest BCUT2D eigenvalue weighted by atomic mass is 16.5. The number of hydrogen-bond donors (Lipinski definition) is 2. The standard InChI is InChI=1S/C31H23N3O4/c35-29(20-32-30(36)26-16-8-13-21-9-4-6-14-24(21)26)34-33-19-27-25-15-7-5-10-22(25)17-18-28(27)38-31(37)23-11-2-1-3-12-23/h1-19H,20H2,(H,32,36)(H,34,35). The minimum atomic E-state index is -0.504. The molecule has 0 heterocycles. The van der Waals surface area contributed by atoms with Gasteiger partial charge in [0.05, 0.1) is 18.3 Å². The van der Waals surface area contributed by atoms with Crippen LogP contribution in [0.2, 0.25) is 0 Å². The van der Waals surface area contributed by atoms with Crippen molar-refractivity contribution in [3.63, 3.8) is 0 Å². The van der Waals surface area contributed by atoms with Crippen molar-refractivity contribution in [2.45, 2.75) is 0 Å². The highest BCUT2D eigenvalue weighted by Crippen LogP contribution is 2.27. The first-order valence-corrected chi connectivity index (χ1v) is 12.0. The SMILES string of the molecule is O=C(CNC(=O)c1cccc2ccccc12)NN=Cc1c(OC(=O)c2ccccc2)ccc2ccccc12. The molecule has 0 aliphatic heterocycles. The smallest absolute Gasteiger partial charge is 0.343 e. The van der Waals surface area contributed by atoms with Crippen molar-refractivity contribution < 1.29 is 19.1 Å². The number of fused-ring (bicyclic) bond motifs is 2. The van der Waals surface area contributed by atoms with E-state index in [1.165, 1.54) is 6.21 Å². The largest absolute Gasteiger partial charge is 0.422 e. The molecule has 0 saturated carbocycles. The highest BCUT2D eigenvalue weighted by molar-refractivity contribution is 6.08. The third-order valence-electron chi connectivity index (χ3n) is 5.97. The number of amides is 2. The minimum Gasteiger partial charge on any atom is -0.422 e. The second-order valence-corrected chi connectivity index (χ2v) is 8.46. The molecule has 7 nitrogen and oxygen atoms in total. The van der Waals surface area contributed by atoms with Crippen LogP contribution in [0.15, 0.2) is 114 Å². The average molecular weight is 502 g/mol. The Morgan fingerprint density at radius 1 is 0.711 bits per heavy atom. The Morgan fingerprint density at radius 3 is 2.16 bits per heavy atom. The van der Waals surface area contributed by atoms with Gasteiger partial charge in [-0.05, 0) is 45.8 Å². The monoisotopic (exact) mass is 501 g/mol. The number of carbonyl (C=O) groups is 3. The molecule has 0 spiro atoms. The molecule has 0 fully saturated rings. The van der Waals surface area contributed by atoms with Gasteiger partial charge in [0.2, 0.25) is 0 Å². The molecule has 0 unspecified atom stereocenters. The Bertz CT molecular complexity index is 1670. The van der Waals surface area contributed by atoms with Crippen LogP contribution in [-0.2, 0) is 4.79 Å². The molecule has 186 valence electrons. The van der Waals surface area contributed by atoms with Crippen LogP contribution in [0.4, 0.5) is 0 Å². The average Bonchev–Trinajstić information content (AvgIpc) is 2.97. The van der Waals surface area contributed by atoms with E-state index in [0.717, 1.165) is 21.5 Å². The quantitative estimate of drug-likeness (QED) is 0.140. The number of rotatable bonds is 7. The maximum atomic E-state index is 12.7. The van der Waals surface area contributed by atoms with Gasteiger partial charge < -0.3 is 10.1 Å². The van der Waals surface area contributed by atoms with Gasteiger partial charge >= 0.3 is 5.97 Å². The fourth-order valence-electron chi connectivity index (χ4n) is 4.12. The number of nitrogens with one attached hydrogen (secondary N) is 2. The molecule has 2 N–H and O–H groups in total. The molecule has 0 bridgehead atoms. The van der Waals surface area contributed by atoms with E-state index in [4.69, 9.17) is 4.74 Å². The van der Waals surface area contributed by atoms with E-state index in [2.05, 4.69) is 15.8 Å². The molecule has 0 saturated heterocycles. The van der Waals surface area contributed by atoms with Gasteiger partial charge in [0.15, 0.2) is 0 Å². The van der Waals surface area contributed by atoms with E-state index in [1.807, 2.05) is 66.7 Å². The molecule has 38 heavy (non-hydrogen) atoms. The van der Waals surface area contributed by atoms with Gasteiger partial charge in [-0.1, -0.05) is 84.9 Å². The summed E-state index contributed by atoms with van der Waals surface area (Å²) in [6.45, 7) is -0.259. The Kier molecular flexibility index (Phi) is 7.18. The Morgan fingerprint density at radius 2 is 1.37 bits per heavy atom. The van der Waals surface area contributed by atoms with Crippen molar-refractivity contribution in [1.82, 2.24) is 10.7 Å². The van der Waals surface area contributed by atoms with Crippen LogP contribution in [0.5, 0.6) is 5.75 Å².